The Morgan fingerprint density at radius 1 is 1.30 bits per heavy atom. The molecule has 0 aromatic heterocycles. The molecule has 2 atom stereocenters. The fourth-order valence-corrected chi connectivity index (χ4v) is 3.86. The summed E-state index contributed by atoms with van der Waals surface area (Å²) in [5, 5.41) is 9.46. The first-order valence-electron chi connectivity index (χ1n) is 7.19. The van der Waals surface area contributed by atoms with Crippen LogP contribution in [0.3, 0.4) is 0 Å². The number of rotatable bonds is 4. The lowest BCUT2D eigenvalue weighted by Gasteiger charge is -2.18. The van der Waals surface area contributed by atoms with Gasteiger partial charge in [0.2, 0.25) is 0 Å². The molecule has 2 unspecified atom stereocenters. The number of aliphatic carboxylic acids is 1. The Morgan fingerprint density at radius 3 is 2.75 bits per heavy atom. The maximum atomic E-state index is 11.5. The minimum atomic E-state index is -0.716. The van der Waals surface area contributed by atoms with Crippen molar-refractivity contribution in [3.8, 4) is 5.75 Å². The minimum Gasteiger partial charge on any atom is -0.497 e. The van der Waals surface area contributed by atoms with E-state index in [0.29, 0.717) is 17.4 Å². The SMILES string of the molecule is COc1cc(C)cc(CC2=C(C(=O)O)C3CCC2C3)c1. The molecule has 1 N–H and O–H groups in total. The van der Waals surface area contributed by atoms with E-state index in [0.717, 1.165) is 48.1 Å². The molecular formula is C17H20O3. The summed E-state index contributed by atoms with van der Waals surface area (Å²) < 4.78 is 5.30. The highest BCUT2D eigenvalue weighted by Gasteiger charge is 2.41. The van der Waals surface area contributed by atoms with E-state index in [1.807, 2.05) is 19.1 Å². The molecule has 1 fully saturated rings. The summed E-state index contributed by atoms with van der Waals surface area (Å²) in [5.74, 6) is 0.907. The van der Waals surface area contributed by atoms with Crippen LogP contribution in [0.2, 0.25) is 0 Å². The molecule has 3 heteroatoms. The largest absolute Gasteiger partial charge is 0.497 e. The van der Waals surface area contributed by atoms with Crippen molar-refractivity contribution in [1.29, 1.82) is 0 Å². The molecular weight excluding hydrogens is 252 g/mol. The first-order valence-corrected chi connectivity index (χ1v) is 7.19. The van der Waals surface area contributed by atoms with Gasteiger partial charge in [0.25, 0.3) is 0 Å². The first-order chi connectivity index (χ1) is 9.58. The molecule has 0 aliphatic heterocycles. The Kier molecular flexibility index (Phi) is 3.28. The van der Waals surface area contributed by atoms with Crippen LogP contribution in [0, 0.1) is 18.8 Å². The third-order valence-electron chi connectivity index (χ3n) is 4.65. The van der Waals surface area contributed by atoms with Gasteiger partial charge in [-0.15, -0.1) is 0 Å². The van der Waals surface area contributed by atoms with Gasteiger partial charge in [0.15, 0.2) is 0 Å². The van der Waals surface area contributed by atoms with Gasteiger partial charge < -0.3 is 9.84 Å². The van der Waals surface area contributed by atoms with Gasteiger partial charge >= 0.3 is 5.97 Å². The Labute approximate surface area is 119 Å². The molecule has 106 valence electrons. The van der Waals surface area contributed by atoms with E-state index < -0.39 is 5.97 Å². The number of aryl methyl sites for hydroxylation is 1. The van der Waals surface area contributed by atoms with E-state index in [4.69, 9.17) is 4.74 Å². The number of carboxylic acid groups (broad SMARTS) is 1. The number of hydrogen-bond donors (Lipinski definition) is 1. The zero-order valence-corrected chi connectivity index (χ0v) is 12.0. The Bertz CT molecular complexity index is 586. The van der Waals surface area contributed by atoms with Gasteiger partial charge in [-0.2, -0.15) is 0 Å². The van der Waals surface area contributed by atoms with Crippen LogP contribution in [0.4, 0.5) is 0 Å². The molecule has 1 saturated carbocycles. The predicted octanol–water partition coefficient (Wildman–Crippen LogP) is 3.36. The van der Waals surface area contributed by atoms with Crippen LogP contribution in [0.15, 0.2) is 29.3 Å². The van der Waals surface area contributed by atoms with E-state index in [1.165, 1.54) is 0 Å². The number of benzene rings is 1. The second kappa shape index (κ2) is 4.97. The topological polar surface area (TPSA) is 46.5 Å². The monoisotopic (exact) mass is 272 g/mol. The van der Waals surface area contributed by atoms with Crippen LogP contribution in [-0.2, 0) is 11.2 Å². The van der Waals surface area contributed by atoms with Gasteiger partial charge in [0.05, 0.1) is 7.11 Å². The highest BCUT2D eigenvalue weighted by Crippen LogP contribution is 2.49. The average molecular weight is 272 g/mol. The Morgan fingerprint density at radius 2 is 2.05 bits per heavy atom. The molecule has 0 spiro atoms. The summed E-state index contributed by atoms with van der Waals surface area (Å²) >= 11 is 0. The predicted molar refractivity (Wildman–Crippen MR) is 76.9 cm³/mol. The van der Waals surface area contributed by atoms with Crippen LogP contribution in [-0.4, -0.2) is 18.2 Å². The Hall–Kier alpha value is -1.77. The molecule has 2 aliphatic rings. The molecule has 3 rings (SSSR count). The van der Waals surface area contributed by atoms with Crippen molar-refractivity contribution in [2.24, 2.45) is 11.8 Å². The molecule has 3 nitrogen and oxygen atoms in total. The lowest BCUT2D eigenvalue weighted by Crippen LogP contribution is -2.13. The van der Waals surface area contributed by atoms with Gasteiger partial charge in [-0.1, -0.05) is 11.6 Å². The second-order valence-electron chi connectivity index (χ2n) is 5.99. The minimum absolute atomic E-state index is 0.291. The fraction of sp³-hybridized carbons (Fsp3) is 0.471. The number of fused-ring (bicyclic) bond motifs is 2. The molecule has 0 saturated heterocycles. The summed E-state index contributed by atoms with van der Waals surface area (Å²) in [6, 6.07) is 6.14. The maximum Gasteiger partial charge on any atom is 0.331 e. The molecule has 0 heterocycles. The summed E-state index contributed by atoms with van der Waals surface area (Å²) in [5.41, 5.74) is 4.16. The third-order valence-corrected chi connectivity index (χ3v) is 4.65. The number of carboxylic acids is 1. The zero-order chi connectivity index (χ0) is 14.3. The highest BCUT2D eigenvalue weighted by atomic mass is 16.5. The third kappa shape index (κ3) is 2.21. The van der Waals surface area contributed by atoms with Crippen molar-refractivity contribution < 1.29 is 14.6 Å². The number of carbonyl (C=O) groups is 1. The summed E-state index contributed by atoms with van der Waals surface area (Å²) in [4.78, 5) is 11.5. The first kappa shape index (κ1) is 13.2. The number of ether oxygens (including phenoxy) is 1. The number of allylic oxidation sites excluding steroid dienone is 1. The van der Waals surface area contributed by atoms with Crippen LogP contribution >= 0.6 is 0 Å². The van der Waals surface area contributed by atoms with Crippen molar-refractivity contribution in [3.05, 3.63) is 40.5 Å². The van der Waals surface area contributed by atoms with Gasteiger partial charge in [0, 0.05) is 5.57 Å². The van der Waals surface area contributed by atoms with E-state index >= 15 is 0 Å². The molecule has 1 aromatic carbocycles. The molecule has 1 aromatic rings. The number of hydrogen-bond acceptors (Lipinski definition) is 2. The summed E-state index contributed by atoms with van der Waals surface area (Å²) in [7, 11) is 1.66. The normalized spacial score (nSPS) is 24.3. The molecule has 2 aliphatic carbocycles. The van der Waals surface area contributed by atoms with Crippen molar-refractivity contribution in [2.75, 3.05) is 7.11 Å². The lowest BCUT2D eigenvalue weighted by atomic mass is 9.87. The highest BCUT2D eigenvalue weighted by molar-refractivity contribution is 5.89. The molecule has 0 amide bonds. The maximum absolute atomic E-state index is 11.5. The van der Waals surface area contributed by atoms with Gasteiger partial charge in [-0.3, -0.25) is 0 Å². The van der Waals surface area contributed by atoms with Crippen molar-refractivity contribution in [1.82, 2.24) is 0 Å². The lowest BCUT2D eigenvalue weighted by molar-refractivity contribution is -0.133. The smallest absolute Gasteiger partial charge is 0.331 e. The van der Waals surface area contributed by atoms with Crippen LogP contribution in [0.1, 0.15) is 30.4 Å². The van der Waals surface area contributed by atoms with Crippen molar-refractivity contribution in [3.63, 3.8) is 0 Å². The van der Waals surface area contributed by atoms with Crippen molar-refractivity contribution >= 4 is 5.97 Å². The van der Waals surface area contributed by atoms with Crippen LogP contribution in [0.25, 0.3) is 0 Å². The van der Waals surface area contributed by atoms with Crippen LogP contribution in [0.5, 0.6) is 5.75 Å². The standard InChI is InChI=1S/C17H20O3/c1-10-5-11(7-14(6-10)20-2)8-15-12-3-4-13(9-12)16(15)17(18)19/h5-7,12-13H,3-4,8-9H2,1-2H3,(H,18,19). The van der Waals surface area contributed by atoms with Crippen molar-refractivity contribution in [2.45, 2.75) is 32.6 Å². The zero-order valence-electron chi connectivity index (χ0n) is 12.0. The molecule has 20 heavy (non-hydrogen) atoms. The van der Waals surface area contributed by atoms with E-state index in [9.17, 15) is 9.90 Å². The van der Waals surface area contributed by atoms with E-state index in [1.54, 1.807) is 7.11 Å². The van der Waals surface area contributed by atoms with Crippen LogP contribution < -0.4 is 4.74 Å². The van der Waals surface area contributed by atoms with E-state index in [-0.39, 0.29) is 0 Å². The number of methoxy groups -OCH3 is 1. The van der Waals surface area contributed by atoms with E-state index in [2.05, 4.69) is 6.07 Å². The fourth-order valence-electron chi connectivity index (χ4n) is 3.86. The van der Waals surface area contributed by atoms with Gasteiger partial charge in [-0.05, 0) is 67.7 Å². The summed E-state index contributed by atoms with van der Waals surface area (Å²) in [6.45, 7) is 2.04. The second-order valence-corrected chi connectivity index (χ2v) is 5.99. The van der Waals surface area contributed by atoms with Gasteiger partial charge in [0.1, 0.15) is 5.75 Å². The summed E-state index contributed by atoms with van der Waals surface area (Å²) in [6.07, 6.45) is 3.99. The average Bonchev–Trinajstić information content (AvgIpc) is 2.98. The molecule has 2 bridgehead atoms. The Balaban J connectivity index is 1.94. The molecule has 0 radical (unpaired) electrons. The van der Waals surface area contributed by atoms with Gasteiger partial charge in [-0.25, -0.2) is 4.79 Å². The quantitative estimate of drug-likeness (QED) is 0.914.